The highest BCUT2D eigenvalue weighted by Crippen LogP contribution is 2.33. The molecule has 0 bridgehead atoms. The van der Waals surface area contributed by atoms with Crippen molar-refractivity contribution < 1.29 is 9.84 Å². The van der Waals surface area contributed by atoms with Crippen LogP contribution in [0.3, 0.4) is 0 Å². The molecule has 1 rings (SSSR count). The first kappa shape index (κ1) is 10.6. The second-order valence-corrected chi connectivity index (χ2v) is 3.04. The van der Waals surface area contributed by atoms with Crippen LogP contribution in [-0.2, 0) is 6.42 Å². The maximum atomic E-state index is 9.57. The summed E-state index contributed by atoms with van der Waals surface area (Å²) in [5, 5.41) is 9.57. The number of phenolic OH excluding ortho intramolecular Hbond substituents is 1. The predicted octanol–water partition coefficient (Wildman–Crippen LogP) is 3.00. The minimum atomic E-state index is 0.206. The maximum absolute atomic E-state index is 9.57. The van der Waals surface area contributed by atoms with E-state index in [1.54, 1.807) is 13.2 Å². The van der Waals surface area contributed by atoms with Crippen molar-refractivity contribution in [1.82, 2.24) is 0 Å². The Bertz CT molecular complexity index is 340. The van der Waals surface area contributed by atoms with Gasteiger partial charge < -0.3 is 9.84 Å². The zero-order chi connectivity index (χ0) is 10.6. The Kier molecular flexibility index (Phi) is 3.57. The Hall–Kier alpha value is -1.44. The number of allylic oxidation sites excluding steroid dienone is 1. The number of methoxy groups -OCH3 is 1. The van der Waals surface area contributed by atoms with E-state index in [4.69, 9.17) is 4.74 Å². The molecule has 0 fully saturated rings. The maximum Gasteiger partial charge on any atom is 0.164 e. The van der Waals surface area contributed by atoms with E-state index in [9.17, 15) is 5.11 Å². The zero-order valence-corrected chi connectivity index (χ0v) is 8.87. The first-order valence-corrected chi connectivity index (χ1v) is 4.76. The van der Waals surface area contributed by atoms with Gasteiger partial charge in [-0.2, -0.15) is 0 Å². The van der Waals surface area contributed by atoms with Gasteiger partial charge in [-0.3, -0.25) is 0 Å². The van der Waals surface area contributed by atoms with Crippen molar-refractivity contribution in [3.63, 3.8) is 0 Å². The number of hydrogen-bond donors (Lipinski definition) is 1. The fourth-order valence-electron chi connectivity index (χ4n) is 1.56. The average molecular weight is 192 g/mol. The molecule has 0 atom stereocenters. The van der Waals surface area contributed by atoms with Crippen molar-refractivity contribution in [2.75, 3.05) is 7.11 Å². The van der Waals surface area contributed by atoms with Crippen LogP contribution in [0.25, 0.3) is 6.08 Å². The summed E-state index contributed by atoms with van der Waals surface area (Å²) in [7, 11) is 1.58. The van der Waals surface area contributed by atoms with Gasteiger partial charge in [0.05, 0.1) is 7.11 Å². The number of ether oxygens (including phenoxy) is 1. The summed E-state index contributed by atoms with van der Waals surface area (Å²) in [6.07, 6.45) is 4.84. The second kappa shape index (κ2) is 4.70. The molecular formula is C12H16O2. The van der Waals surface area contributed by atoms with E-state index in [1.165, 1.54) is 0 Å². The van der Waals surface area contributed by atoms with Gasteiger partial charge in [-0.25, -0.2) is 0 Å². The van der Waals surface area contributed by atoms with Crippen molar-refractivity contribution in [1.29, 1.82) is 0 Å². The lowest BCUT2D eigenvalue weighted by Gasteiger charge is -2.11. The van der Waals surface area contributed by atoms with Gasteiger partial charge in [0.15, 0.2) is 11.5 Å². The van der Waals surface area contributed by atoms with Gasteiger partial charge >= 0.3 is 0 Å². The van der Waals surface area contributed by atoms with Crippen LogP contribution in [-0.4, -0.2) is 12.2 Å². The van der Waals surface area contributed by atoms with Crippen LogP contribution in [0.1, 0.15) is 25.0 Å². The molecule has 0 unspecified atom stereocenters. The molecule has 1 aromatic carbocycles. The van der Waals surface area contributed by atoms with Crippen molar-refractivity contribution >= 4 is 6.08 Å². The molecule has 14 heavy (non-hydrogen) atoms. The molecule has 0 spiro atoms. The molecule has 2 heteroatoms. The third-order valence-electron chi connectivity index (χ3n) is 2.18. The van der Waals surface area contributed by atoms with E-state index < -0.39 is 0 Å². The normalized spacial score (nSPS) is 10.8. The van der Waals surface area contributed by atoms with Gasteiger partial charge in [-0.15, -0.1) is 0 Å². The third-order valence-corrected chi connectivity index (χ3v) is 2.18. The lowest BCUT2D eigenvalue weighted by atomic mass is 10.0. The van der Waals surface area contributed by atoms with Gasteiger partial charge in [0.2, 0.25) is 0 Å². The van der Waals surface area contributed by atoms with Crippen molar-refractivity contribution in [3.8, 4) is 11.5 Å². The summed E-state index contributed by atoms with van der Waals surface area (Å²) in [5.41, 5.74) is 2.15. The molecule has 0 heterocycles. The molecular weight excluding hydrogens is 176 g/mol. The number of rotatable bonds is 3. The fraction of sp³-hybridized carbons (Fsp3) is 0.333. The van der Waals surface area contributed by atoms with Crippen molar-refractivity contribution in [3.05, 3.63) is 29.3 Å². The second-order valence-electron chi connectivity index (χ2n) is 3.04. The van der Waals surface area contributed by atoms with Crippen LogP contribution in [0.5, 0.6) is 11.5 Å². The Morgan fingerprint density at radius 2 is 2.14 bits per heavy atom. The van der Waals surface area contributed by atoms with Gasteiger partial charge in [-0.1, -0.05) is 25.1 Å². The largest absolute Gasteiger partial charge is 0.504 e. The Balaban J connectivity index is 3.32. The SMILES string of the molecule is CC=Cc1ccc(O)c(OC)c1CC. The number of benzene rings is 1. The molecule has 0 aliphatic rings. The zero-order valence-electron chi connectivity index (χ0n) is 8.87. The molecule has 76 valence electrons. The molecule has 0 radical (unpaired) electrons. The molecule has 1 N–H and O–H groups in total. The van der Waals surface area contributed by atoms with Crippen molar-refractivity contribution in [2.24, 2.45) is 0 Å². The highest BCUT2D eigenvalue weighted by Gasteiger charge is 2.09. The monoisotopic (exact) mass is 192 g/mol. The minimum Gasteiger partial charge on any atom is -0.504 e. The average Bonchev–Trinajstić information content (AvgIpc) is 2.20. The van der Waals surface area contributed by atoms with Crippen molar-refractivity contribution in [2.45, 2.75) is 20.3 Å². The topological polar surface area (TPSA) is 29.5 Å². The van der Waals surface area contributed by atoms with E-state index in [1.807, 2.05) is 32.1 Å². The standard InChI is InChI=1S/C12H16O2/c1-4-6-9-7-8-11(13)12(14-3)10(9)5-2/h4,6-8,13H,5H2,1-3H3. The molecule has 0 aromatic heterocycles. The van der Waals surface area contributed by atoms with Crippen LogP contribution in [0.4, 0.5) is 0 Å². The van der Waals surface area contributed by atoms with Gasteiger partial charge in [0.25, 0.3) is 0 Å². The summed E-state index contributed by atoms with van der Waals surface area (Å²) in [4.78, 5) is 0. The van der Waals surface area contributed by atoms with Gasteiger partial charge in [0.1, 0.15) is 0 Å². The summed E-state index contributed by atoms with van der Waals surface area (Å²) in [6, 6.07) is 3.56. The first-order valence-electron chi connectivity index (χ1n) is 4.76. The lowest BCUT2D eigenvalue weighted by molar-refractivity contribution is 0.369. The lowest BCUT2D eigenvalue weighted by Crippen LogP contribution is -1.94. The quantitative estimate of drug-likeness (QED) is 0.797. The Labute approximate surface area is 84.8 Å². The van der Waals surface area contributed by atoms with Crippen LogP contribution in [0.2, 0.25) is 0 Å². The van der Waals surface area contributed by atoms with E-state index in [0.29, 0.717) is 5.75 Å². The predicted molar refractivity (Wildman–Crippen MR) is 58.7 cm³/mol. The summed E-state index contributed by atoms with van der Waals surface area (Å²) in [5.74, 6) is 0.792. The molecule has 0 aliphatic carbocycles. The minimum absolute atomic E-state index is 0.206. The van der Waals surface area contributed by atoms with E-state index >= 15 is 0 Å². The highest BCUT2D eigenvalue weighted by molar-refractivity contribution is 5.61. The Morgan fingerprint density at radius 1 is 1.43 bits per heavy atom. The van der Waals surface area contributed by atoms with Crippen LogP contribution in [0, 0.1) is 0 Å². The summed E-state index contributed by atoms with van der Waals surface area (Å²) < 4.78 is 5.17. The first-order chi connectivity index (χ1) is 6.74. The van der Waals surface area contributed by atoms with E-state index in [2.05, 4.69) is 0 Å². The Morgan fingerprint density at radius 3 is 2.64 bits per heavy atom. The number of hydrogen-bond acceptors (Lipinski definition) is 2. The smallest absolute Gasteiger partial charge is 0.164 e. The number of aromatic hydroxyl groups is 1. The van der Waals surface area contributed by atoms with Gasteiger partial charge in [-0.05, 0) is 25.0 Å². The fourth-order valence-corrected chi connectivity index (χ4v) is 1.56. The molecule has 0 aliphatic heterocycles. The van der Waals surface area contributed by atoms with E-state index in [0.717, 1.165) is 17.5 Å². The molecule has 2 nitrogen and oxygen atoms in total. The number of phenols is 1. The van der Waals surface area contributed by atoms with Crippen LogP contribution in [0.15, 0.2) is 18.2 Å². The van der Waals surface area contributed by atoms with Crippen LogP contribution >= 0.6 is 0 Å². The molecule has 1 aromatic rings. The van der Waals surface area contributed by atoms with E-state index in [-0.39, 0.29) is 5.75 Å². The third kappa shape index (κ3) is 1.90. The molecule has 0 amide bonds. The van der Waals surface area contributed by atoms with Crippen LogP contribution < -0.4 is 4.74 Å². The molecule has 0 saturated heterocycles. The summed E-state index contributed by atoms with van der Waals surface area (Å²) in [6.45, 7) is 4.02. The highest BCUT2D eigenvalue weighted by atomic mass is 16.5. The summed E-state index contributed by atoms with van der Waals surface area (Å²) >= 11 is 0. The van der Waals surface area contributed by atoms with Gasteiger partial charge in [0, 0.05) is 5.56 Å². The molecule has 0 saturated carbocycles.